The van der Waals surface area contributed by atoms with Crippen LogP contribution in [0, 0.1) is 5.82 Å². The van der Waals surface area contributed by atoms with Gasteiger partial charge in [0.1, 0.15) is 5.82 Å². The number of aliphatic carboxylic acids is 3. The molecule has 0 saturated heterocycles. The molecule has 0 spiro atoms. The largest absolute Gasteiger partial charge is 3.00 e. The number of para-hydroxylation sites is 1. The number of nitrogens with one attached hydrogen (secondary N) is 1. The Morgan fingerprint density at radius 3 is 1.21 bits per heavy atom. The number of aliphatic hydroxyl groups is 2. The number of rotatable bonds is 40. The number of aliphatic hydroxyl groups excluding tert-OH is 2. The zero-order chi connectivity index (χ0) is 65.0. The summed E-state index contributed by atoms with van der Waals surface area (Å²) >= 11 is 0. The van der Waals surface area contributed by atoms with Gasteiger partial charge in [-0.1, -0.05) is 222 Å². The average Bonchev–Trinajstić information content (AvgIpc) is 1.64. The van der Waals surface area contributed by atoms with Crippen molar-refractivity contribution in [2.24, 2.45) is 0 Å². The van der Waals surface area contributed by atoms with Crippen LogP contribution in [-0.4, -0.2) is 68.2 Å². The molecule has 4 rings (SSSR count). The Morgan fingerprint density at radius 2 is 0.856 bits per heavy atom. The maximum Gasteiger partial charge on any atom is 3.00 e. The molecular weight excluding hydrogens is 1140 g/mol. The van der Waals surface area contributed by atoms with E-state index in [4.69, 9.17) is 0 Å². The van der Waals surface area contributed by atoms with Crippen molar-refractivity contribution in [3.8, 4) is 22.4 Å². The molecule has 0 unspecified atom stereocenters. The van der Waals surface area contributed by atoms with Gasteiger partial charge in [-0.05, 0) is 169 Å². The molecular formula is C77H96AlFN2O9. The minimum Gasteiger partial charge on any atom is -0.550 e. The molecule has 478 valence electrons. The second-order valence-electron chi connectivity index (χ2n) is 21.0. The van der Waals surface area contributed by atoms with Crippen LogP contribution in [0.4, 0.5) is 10.1 Å². The van der Waals surface area contributed by atoms with Gasteiger partial charge in [-0.3, -0.25) is 4.79 Å². The van der Waals surface area contributed by atoms with E-state index in [-0.39, 0.29) is 61.4 Å². The second kappa shape index (κ2) is 53.0. The molecule has 0 aliphatic carbocycles. The molecule has 0 radical (unpaired) electrons. The number of amides is 1. The van der Waals surface area contributed by atoms with E-state index in [1.165, 1.54) is 12.1 Å². The first kappa shape index (κ1) is 80.1. The predicted octanol–water partition coefficient (Wildman–Crippen LogP) is 15.0. The van der Waals surface area contributed by atoms with Crippen molar-refractivity contribution in [1.29, 1.82) is 0 Å². The maximum absolute atomic E-state index is 14.0. The molecule has 3 N–H and O–H groups in total. The monoisotopic (exact) mass is 1240 g/mol. The van der Waals surface area contributed by atoms with Crippen LogP contribution >= 0.6 is 0 Å². The summed E-state index contributed by atoms with van der Waals surface area (Å²) < 4.78 is 16.0. The van der Waals surface area contributed by atoms with E-state index in [0.717, 1.165) is 88.3 Å². The summed E-state index contributed by atoms with van der Waals surface area (Å²) in [5, 5.41) is 55.0. The Balaban J connectivity index is 0.000000718. The third-order valence-electron chi connectivity index (χ3n) is 13.1. The summed E-state index contributed by atoms with van der Waals surface area (Å²) in [7, 11) is 0. The van der Waals surface area contributed by atoms with Crippen molar-refractivity contribution >= 4 is 46.9 Å². The van der Waals surface area contributed by atoms with Gasteiger partial charge < -0.3 is 49.8 Å². The van der Waals surface area contributed by atoms with E-state index in [1.54, 1.807) is 24.3 Å². The molecule has 0 saturated carbocycles. The number of carboxylic acids is 3. The quantitative estimate of drug-likeness (QED) is 0.0287. The number of benzene rings is 3. The summed E-state index contributed by atoms with van der Waals surface area (Å²) in [5.41, 5.74) is 4.72. The Morgan fingerprint density at radius 1 is 0.489 bits per heavy atom. The van der Waals surface area contributed by atoms with E-state index in [2.05, 4.69) is 141 Å². The van der Waals surface area contributed by atoms with Crippen LogP contribution in [0.1, 0.15) is 172 Å². The van der Waals surface area contributed by atoms with Gasteiger partial charge in [0.2, 0.25) is 0 Å². The summed E-state index contributed by atoms with van der Waals surface area (Å²) in [5.74, 6) is -4.19. The van der Waals surface area contributed by atoms with Crippen molar-refractivity contribution in [2.75, 3.05) is 5.32 Å². The fourth-order valence-corrected chi connectivity index (χ4v) is 8.88. The first-order valence-corrected chi connectivity index (χ1v) is 31.4. The Labute approximate surface area is 547 Å². The van der Waals surface area contributed by atoms with Gasteiger partial charge in [0.25, 0.3) is 5.91 Å². The first-order chi connectivity index (χ1) is 43.2. The third-order valence-corrected chi connectivity index (χ3v) is 13.1. The molecule has 0 bridgehead atoms. The Kier molecular flexibility index (Phi) is 47.1. The summed E-state index contributed by atoms with van der Waals surface area (Å²) in [4.78, 5) is 45.3. The van der Waals surface area contributed by atoms with Crippen molar-refractivity contribution in [1.82, 2.24) is 4.57 Å². The number of carbonyl (C=O) groups excluding carboxylic acids is 4. The zero-order valence-corrected chi connectivity index (χ0v) is 54.6. The van der Waals surface area contributed by atoms with Gasteiger partial charge in [0.05, 0.1) is 23.5 Å². The average molecular weight is 1240 g/mol. The number of halogens is 1. The number of carboxylic acid groups (broad SMARTS) is 3. The number of allylic oxidation sites excluding steroid dienone is 24. The fourth-order valence-electron chi connectivity index (χ4n) is 8.88. The topological polar surface area (TPSA) is 195 Å². The van der Waals surface area contributed by atoms with Crippen LogP contribution in [-0.2, 0) is 20.9 Å². The molecule has 1 aromatic heterocycles. The number of hydrogen-bond acceptors (Lipinski definition) is 9. The Hall–Kier alpha value is -7.92. The van der Waals surface area contributed by atoms with Gasteiger partial charge in [0.15, 0.2) is 0 Å². The number of aromatic nitrogens is 1. The van der Waals surface area contributed by atoms with E-state index < -0.39 is 42.4 Å². The smallest absolute Gasteiger partial charge is 0.550 e. The molecule has 11 nitrogen and oxygen atoms in total. The van der Waals surface area contributed by atoms with Gasteiger partial charge in [-0.15, -0.1) is 0 Å². The molecule has 3 aromatic carbocycles. The molecule has 2 atom stereocenters. The molecule has 1 heterocycles. The molecule has 0 aliphatic heterocycles. The maximum atomic E-state index is 14.0. The molecule has 13 heteroatoms. The van der Waals surface area contributed by atoms with Crippen LogP contribution in [0.3, 0.4) is 0 Å². The Bertz CT molecular complexity index is 2890. The van der Waals surface area contributed by atoms with E-state index >= 15 is 0 Å². The fraction of sp³-hybridized carbons (Fsp3) is 0.351. The van der Waals surface area contributed by atoms with Crippen LogP contribution in [0.15, 0.2) is 231 Å². The van der Waals surface area contributed by atoms with Crippen molar-refractivity contribution in [2.45, 2.75) is 174 Å². The molecule has 4 aromatic rings. The number of nitrogens with zero attached hydrogens (tertiary/aromatic N) is 1. The van der Waals surface area contributed by atoms with Crippen LogP contribution in [0.25, 0.3) is 22.4 Å². The number of carbonyl (C=O) groups is 4. The number of anilines is 1. The standard InChI is InChI=1S/C33H35FN2O5.2C22H32O2.Al/c1-21(2)31-30(33(41)35-25-11-7-4-8-12-25)29(22-9-5-3-6-10-22)32(23-13-15-24(34)16-14-23)36(31)18-17-26(37)19-27(38)20-28(39)40;2*1-2-3-4-5-6-7-8-9-10-11-12-13-14-15-16-17-18-19-20-21-22(23)24;/h3-16,21,26-27,37-38H,17-20H2,1-2H3,(H,35,41)(H,39,40);2*3-4,6-7,9-10,12-13,15-16,18-19H,2,5,8,11,14,17,20-21H2,1H3,(H,23,24);/q;;;+3/p-3/b;2*4-3+,7-6+,10-9+,13-12+,16-15+,19-18+;/t26-,27-;;;/m1.../s1. The zero-order valence-electron chi connectivity index (χ0n) is 53.5. The first-order valence-electron chi connectivity index (χ1n) is 31.4. The number of hydrogen-bond donors (Lipinski definition) is 3. The van der Waals surface area contributed by atoms with E-state index in [0.29, 0.717) is 40.9 Å². The van der Waals surface area contributed by atoms with Crippen molar-refractivity contribution < 1.29 is 49.1 Å². The van der Waals surface area contributed by atoms with Gasteiger partial charge in [-0.2, -0.15) is 0 Å². The summed E-state index contributed by atoms with van der Waals surface area (Å²) in [6, 6.07) is 24.7. The van der Waals surface area contributed by atoms with Crippen molar-refractivity contribution in [3.63, 3.8) is 0 Å². The van der Waals surface area contributed by atoms with Gasteiger partial charge in [0, 0.05) is 47.8 Å². The van der Waals surface area contributed by atoms with Crippen LogP contribution in [0.2, 0.25) is 0 Å². The minimum atomic E-state index is -1.39. The molecule has 90 heavy (non-hydrogen) atoms. The molecule has 0 aliphatic rings. The summed E-state index contributed by atoms with van der Waals surface area (Å²) in [6.45, 7) is 8.51. The summed E-state index contributed by atoms with van der Waals surface area (Å²) in [6.07, 6.45) is 61.4. The van der Waals surface area contributed by atoms with Crippen molar-refractivity contribution in [3.05, 3.63) is 248 Å². The van der Waals surface area contributed by atoms with Gasteiger partial charge in [-0.25, -0.2) is 4.39 Å². The minimum absolute atomic E-state index is 0. The SMILES string of the molecule is CC(C)c1c(C(=O)Nc2ccccc2)c(-c2ccccc2)c(-c2ccc(F)cc2)n1CC[C@@H](O)C[C@@H](O)CC(=O)[O-].CC/C=C/C/C=C/C/C=C/C/C=C/C/C=C/C/C=C/CCC(=O)[O-].CC/C=C/C/C=C/C/C=C/C/C=C/C/C=C/C/C=C/CCC(=O)[O-].[Al+3]. The predicted molar refractivity (Wildman–Crippen MR) is 365 cm³/mol. The van der Waals surface area contributed by atoms with Gasteiger partial charge >= 0.3 is 17.4 Å². The van der Waals surface area contributed by atoms with Crippen LogP contribution in [0.5, 0.6) is 0 Å². The molecule has 0 fully saturated rings. The molecule has 1 amide bonds. The van der Waals surface area contributed by atoms with E-state index in [1.807, 2.05) is 91.2 Å². The van der Waals surface area contributed by atoms with Crippen LogP contribution < -0.4 is 20.6 Å². The third kappa shape index (κ3) is 39.2. The second-order valence-corrected chi connectivity index (χ2v) is 21.0. The van der Waals surface area contributed by atoms with E-state index in [9.17, 15) is 49.1 Å². The normalized spacial score (nSPS) is 12.8.